The zero-order chi connectivity index (χ0) is 17.6. The minimum Gasteiger partial charge on any atom is -0.349 e. The molecule has 3 rings (SSSR count). The number of pyridine rings is 1. The maximum Gasteiger partial charge on any atom is 0.269 e. The molecule has 1 saturated heterocycles. The first-order valence-electron chi connectivity index (χ1n) is 8.29. The van der Waals surface area contributed by atoms with Crippen LogP contribution in [-0.2, 0) is 6.54 Å². The number of rotatable bonds is 5. The van der Waals surface area contributed by atoms with Crippen molar-refractivity contribution >= 4 is 11.6 Å². The van der Waals surface area contributed by atoms with Gasteiger partial charge in [0.1, 0.15) is 0 Å². The Morgan fingerprint density at radius 3 is 2.52 bits per heavy atom. The number of benzene rings is 1. The van der Waals surface area contributed by atoms with E-state index in [-0.39, 0.29) is 17.6 Å². The minimum atomic E-state index is -0.473. The summed E-state index contributed by atoms with van der Waals surface area (Å²) in [5, 5.41) is 13.7. The van der Waals surface area contributed by atoms with Crippen molar-refractivity contribution in [3.05, 3.63) is 70.0 Å². The summed E-state index contributed by atoms with van der Waals surface area (Å²) in [6.45, 7) is 2.63. The molecule has 1 aromatic carbocycles. The molecule has 7 heteroatoms. The van der Waals surface area contributed by atoms with Crippen LogP contribution >= 0.6 is 0 Å². The van der Waals surface area contributed by atoms with Gasteiger partial charge in [0.15, 0.2) is 0 Å². The van der Waals surface area contributed by atoms with Crippen molar-refractivity contribution in [2.24, 2.45) is 0 Å². The molecule has 1 aliphatic heterocycles. The third-order valence-electron chi connectivity index (χ3n) is 4.37. The Kier molecular flexibility index (Phi) is 5.35. The lowest BCUT2D eigenvalue weighted by Crippen LogP contribution is -2.44. The molecule has 1 aliphatic rings. The summed E-state index contributed by atoms with van der Waals surface area (Å²) in [4.78, 5) is 29.1. The zero-order valence-electron chi connectivity index (χ0n) is 13.8. The van der Waals surface area contributed by atoms with E-state index in [1.165, 1.54) is 24.3 Å². The van der Waals surface area contributed by atoms with Gasteiger partial charge in [-0.1, -0.05) is 6.07 Å². The van der Waals surface area contributed by atoms with Gasteiger partial charge in [-0.05, 0) is 37.1 Å². The first kappa shape index (κ1) is 17.0. The predicted molar refractivity (Wildman–Crippen MR) is 93.1 cm³/mol. The summed E-state index contributed by atoms with van der Waals surface area (Å²) in [5.41, 5.74) is 1.48. The Morgan fingerprint density at radius 2 is 1.92 bits per heavy atom. The number of nitro benzene ring substituents is 1. The average molecular weight is 340 g/mol. The number of hydrogen-bond donors (Lipinski definition) is 1. The molecule has 7 nitrogen and oxygen atoms in total. The fourth-order valence-electron chi connectivity index (χ4n) is 2.96. The highest BCUT2D eigenvalue weighted by Gasteiger charge is 2.21. The number of carbonyl (C=O) groups is 1. The standard InChI is InChI=1S/C18H20N4O3/c23-18(14-4-6-17(7-5-14)22(24)25)20-15-8-11-21(12-9-15)13-16-3-1-2-10-19-16/h1-7,10,15H,8-9,11-13H2,(H,20,23). The Balaban J connectivity index is 1.48. The molecule has 0 spiro atoms. The fraction of sp³-hybridized carbons (Fsp3) is 0.333. The van der Waals surface area contributed by atoms with Gasteiger partial charge >= 0.3 is 0 Å². The Bertz CT molecular complexity index is 726. The lowest BCUT2D eigenvalue weighted by atomic mass is 10.0. The van der Waals surface area contributed by atoms with E-state index in [0.717, 1.165) is 38.2 Å². The van der Waals surface area contributed by atoms with Crippen LogP contribution in [0, 0.1) is 10.1 Å². The van der Waals surface area contributed by atoms with Gasteiger partial charge in [0.2, 0.25) is 0 Å². The molecule has 0 radical (unpaired) electrons. The topological polar surface area (TPSA) is 88.4 Å². The van der Waals surface area contributed by atoms with Crippen molar-refractivity contribution in [2.45, 2.75) is 25.4 Å². The number of hydrogen-bond acceptors (Lipinski definition) is 5. The second-order valence-corrected chi connectivity index (χ2v) is 6.15. The van der Waals surface area contributed by atoms with Crippen LogP contribution in [0.3, 0.4) is 0 Å². The number of carbonyl (C=O) groups excluding carboxylic acids is 1. The van der Waals surface area contributed by atoms with Gasteiger partial charge in [-0.2, -0.15) is 0 Å². The van der Waals surface area contributed by atoms with Crippen LogP contribution in [0.2, 0.25) is 0 Å². The van der Waals surface area contributed by atoms with Gasteiger partial charge in [0.25, 0.3) is 11.6 Å². The summed E-state index contributed by atoms with van der Waals surface area (Å²) in [6.07, 6.45) is 3.56. The predicted octanol–water partition coefficient (Wildman–Crippen LogP) is 2.38. The van der Waals surface area contributed by atoms with E-state index in [1.807, 2.05) is 18.2 Å². The average Bonchev–Trinajstić information content (AvgIpc) is 2.64. The molecule has 25 heavy (non-hydrogen) atoms. The Morgan fingerprint density at radius 1 is 1.20 bits per heavy atom. The maximum absolute atomic E-state index is 12.3. The molecule has 0 aliphatic carbocycles. The monoisotopic (exact) mass is 340 g/mol. The summed E-state index contributed by atoms with van der Waals surface area (Å²) < 4.78 is 0. The molecule has 0 unspecified atom stereocenters. The smallest absolute Gasteiger partial charge is 0.269 e. The first-order chi connectivity index (χ1) is 12.1. The normalized spacial score (nSPS) is 15.7. The van der Waals surface area contributed by atoms with Gasteiger partial charge < -0.3 is 5.32 Å². The summed E-state index contributed by atoms with van der Waals surface area (Å²) >= 11 is 0. The number of piperidine rings is 1. The molecular formula is C18H20N4O3. The highest BCUT2D eigenvalue weighted by Crippen LogP contribution is 2.15. The molecule has 1 fully saturated rings. The van der Waals surface area contributed by atoms with Crippen LogP contribution in [-0.4, -0.2) is 39.8 Å². The van der Waals surface area contributed by atoms with Crippen LogP contribution in [0.5, 0.6) is 0 Å². The van der Waals surface area contributed by atoms with E-state index in [2.05, 4.69) is 15.2 Å². The Hall–Kier alpha value is -2.80. The van der Waals surface area contributed by atoms with E-state index >= 15 is 0 Å². The second kappa shape index (κ2) is 7.85. The van der Waals surface area contributed by atoms with Gasteiger partial charge in [-0.15, -0.1) is 0 Å². The number of amides is 1. The van der Waals surface area contributed by atoms with Crippen LogP contribution in [0.25, 0.3) is 0 Å². The quantitative estimate of drug-likeness (QED) is 0.667. The number of nitro groups is 1. The van der Waals surface area contributed by atoms with Crippen LogP contribution in [0.1, 0.15) is 28.9 Å². The summed E-state index contributed by atoms with van der Waals surface area (Å²) in [7, 11) is 0. The van der Waals surface area contributed by atoms with Crippen molar-refractivity contribution in [1.82, 2.24) is 15.2 Å². The largest absolute Gasteiger partial charge is 0.349 e. The molecule has 2 aromatic rings. The zero-order valence-corrected chi connectivity index (χ0v) is 13.8. The Labute approximate surface area is 145 Å². The number of nitrogens with one attached hydrogen (secondary N) is 1. The minimum absolute atomic E-state index is 0.0145. The van der Waals surface area contributed by atoms with Crippen LogP contribution < -0.4 is 5.32 Å². The van der Waals surface area contributed by atoms with Crippen LogP contribution in [0.15, 0.2) is 48.7 Å². The lowest BCUT2D eigenvalue weighted by molar-refractivity contribution is -0.384. The van der Waals surface area contributed by atoms with E-state index in [0.29, 0.717) is 5.56 Å². The SMILES string of the molecule is O=C(NC1CCN(Cc2ccccn2)CC1)c1ccc([N+](=O)[O-])cc1. The molecule has 1 amide bonds. The van der Waals surface area contributed by atoms with Crippen molar-refractivity contribution in [2.75, 3.05) is 13.1 Å². The highest BCUT2D eigenvalue weighted by atomic mass is 16.6. The highest BCUT2D eigenvalue weighted by molar-refractivity contribution is 5.94. The molecule has 0 saturated carbocycles. The van der Waals surface area contributed by atoms with Gasteiger partial charge in [-0.3, -0.25) is 24.8 Å². The number of non-ortho nitro benzene ring substituents is 1. The number of aromatic nitrogens is 1. The van der Waals surface area contributed by atoms with Crippen molar-refractivity contribution in [1.29, 1.82) is 0 Å². The molecule has 1 aromatic heterocycles. The third kappa shape index (κ3) is 4.60. The maximum atomic E-state index is 12.3. The van der Waals surface area contributed by atoms with Gasteiger partial charge in [0.05, 0.1) is 10.6 Å². The molecule has 0 bridgehead atoms. The first-order valence-corrected chi connectivity index (χ1v) is 8.29. The van der Waals surface area contributed by atoms with Crippen molar-refractivity contribution < 1.29 is 9.72 Å². The summed E-state index contributed by atoms with van der Waals surface area (Å²) in [6, 6.07) is 11.7. The van der Waals surface area contributed by atoms with Gasteiger partial charge in [-0.25, -0.2) is 0 Å². The van der Waals surface area contributed by atoms with Crippen molar-refractivity contribution in [3.8, 4) is 0 Å². The second-order valence-electron chi connectivity index (χ2n) is 6.15. The molecule has 0 atom stereocenters. The summed E-state index contributed by atoms with van der Waals surface area (Å²) in [5.74, 6) is -0.182. The lowest BCUT2D eigenvalue weighted by Gasteiger charge is -2.32. The molecule has 2 heterocycles. The molecule has 130 valence electrons. The molecular weight excluding hydrogens is 320 g/mol. The fourth-order valence-corrected chi connectivity index (χ4v) is 2.96. The van der Waals surface area contributed by atoms with E-state index < -0.39 is 4.92 Å². The third-order valence-corrected chi connectivity index (χ3v) is 4.37. The van der Waals surface area contributed by atoms with Crippen molar-refractivity contribution in [3.63, 3.8) is 0 Å². The van der Waals surface area contributed by atoms with E-state index in [9.17, 15) is 14.9 Å². The number of nitrogens with zero attached hydrogens (tertiary/aromatic N) is 3. The van der Waals surface area contributed by atoms with Gasteiger partial charge in [0, 0.05) is 49.6 Å². The van der Waals surface area contributed by atoms with E-state index in [1.54, 1.807) is 6.20 Å². The van der Waals surface area contributed by atoms with E-state index in [4.69, 9.17) is 0 Å². The number of likely N-dealkylation sites (tertiary alicyclic amines) is 1. The molecule has 1 N–H and O–H groups in total. The van der Waals surface area contributed by atoms with Crippen LogP contribution in [0.4, 0.5) is 5.69 Å².